The molecule has 3 heteroatoms. The molecule has 0 aliphatic rings. The van der Waals surface area contributed by atoms with Gasteiger partial charge in [-0.1, -0.05) is 6.92 Å². The van der Waals surface area contributed by atoms with Crippen molar-refractivity contribution in [1.82, 2.24) is 4.90 Å². The minimum atomic E-state index is 0.278. The molecule has 1 heterocycles. The molecule has 14 heavy (non-hydrogen) atoms. The second kappa shape index (κ2) is 5.49. The number of nitrogens with two attached hydrogens (primary N) is 1. The van der Waals surface area contributed by atoms with Crippen molar-refractivity contribution in [2.75, 3.05) is 13.6 Å². The van der Waals surface area contributed by atoms with E-state index in [1.807, 2.05) is 0 Å². The summed E-state index contributed by atoms with van der Waals surface area (Å²) in [5.74, 6) is 0.554. The van der Waals surface area contributed by atoms with Crippen molar-refractivity contribution in [1.29, 1.82) is 0 Å². The van der Waals surface area contributed by atoms with Crippen LogP contribution in [0, 0.1) is 5.92 Å². The first kappa shape index (κ1) is 11.7. The molecule has 0 aliphatic carbocycles. The minimum Gasteiger partial charge on any atom is -0.328 e. The lowest BCUT2D eigenvalue weighted by molar-refractivity contribution is 0.262. The minimum absolute atomic E-state index is 0.278. The molecule has 0 saturated carbocycles. The van der Waals surface area contributed by atoms with E-state index >= 15 is 0 Å². The molecule has 2 nitrogen and oxygen atoms in total. The second-order valence-electron chi connectivity index (χ2n) is 4.16. The predicted octanol–water partition coefficient (Wildman–Crippen LogP) is 2.16. The molecule has 0 spiro atoms. The van der Waals surface area contributed by atoms with Crippen LogP contribution in [0.3, 0.4) is 0 Å². The largest absolute Gasteiger partial charge is 0.328 e. The van der Waals surface area contributed by atoms with Crippen LogP contribution in [-0.2, 0) is 6.54 Å². The first-order valence-corrected chi connectivity index (χ1v) is 5.99. The predicted molar refractivity (Wildman–Crippen MR) is 63.5 cm³/mol. The smallest absolute Gasteiger partial charge is 0.0239 e. The molecule has 2 atom stereocenters. The fraction of sp³-hybridized carbons (Fsp3) is 0.636. The topological polar surface area (TPSA) is 29.3 Å². The van der Waals surface area contributed by atoms with Gasteiger partial charge in [-0.25, -0.2) is 0 Å². The highest BCUT2D eigenvalue weighted by molar-refractivity contribution is 7.07. The molecule has 0 amide bonds. The van der Waals surface area contributed by atoms with Gasteiger partial charge in [0.1, 0.15) is 0 Å². The highest BCUT2D eigenvalue weighted by Crippen LogP contribution is 2.10. The van der Waals surface area contributed by atoms with Crippen molar-refractivity contribution in [3.05, 3.63) is 22.4 Å². The second-order valence-corrected chi connectivity index (χ2v) is 4.94. The molecule has 0 aliphatic heterocycles. The van der Waals surface area contributed by atoms with Crippen LogP contribution in [0.4, 0.5) is 0 Å². The first-order chi connectivity index (χ1) is 6.59. The Morgan fingerprint density at radius 3 is 2.71 bits per heavy atom. The van der Waals surface area contributed by atoms with Gasteiger partial charge in [-0.2, -0.15) is 11.3 Å². The molecule has 2 N–H and O–H groups in total. The lowest BCUT2D eigenvalue weighted by Gasteiger charge is -2.23. The molecule has 0 fully saturated rings. The van der Waals surface area contributed by atoms with Crippen molar-refractivity contribution >= 4 is 11.3 Å². The zero-order valence-corrected chi connectivity index (χ0v) is 10.1. The molecule has 80 valence electrons. The molecular formula is C11H20N2S. The average Bonchev–Trinajstić information content (AvgIpc) is 2.56. The molecule has 1 aromatic rings. The number of rotatable bonds is 5. The highest BCUT2D eigenvalue weighted by atomic mass is 32.1. The molecule has 1 aromatic heterocycles. The van der Waals surface area contributed by atoms with Gasteiger partial charge >= 0.3 is 0 Å². The van der Waals surface area contributed by atoms with Gasteiger partial charge in [-0.15, -0.1) is 0 Å². The Hall–Kier alpha value is -0.380. The SMILES string of the molecule is CC(N)C(C)CN(C)Cc1ccsc1. The number of thiophene rings is 1. The van der Waals surface area contributed by atoms with E-state index in [-0.39, 0.29) is 6.04 Å². The van der Waals surface area contributed by atoms with Gasteiger partial charge in [0.15, 0.2) is 0 Å². The van der Waals surface area contributed by atoms with E-state index in [1.54, 1.807) is 11.3 Å². The van der Waals surface area contributed by atoms with Crippen molar-refractivity contribution in [2.45, 2.75) is 26.4 Å². The van der Waals surface area contributed by atoms with E-state index in [1.165, 1.54) is 5.56 Å². The number of nitrogens with zero attached hydrogens (tertiary/aromatic N) is 1. The zero-order valence-electron chi connectivity index (χ0n) is 9.23. The van der Waals surface area contributed by atoms with Crippen LogP contribution < -0.4 is 5.73 Å². The van der Waals surface area contributed by atoms with Gasteiger partial charge in [0, 0.05) is 19.1 Å². The quantitative estimate of drug-likeness (QED) is 0.810. The summed E-state index contributed by atoms with van der Waals surface area (Å²) in [7, 11) is 2.15. The number of hydrogen-bond acceptors (Lipinski definition) is 3. The molecule has 0 saturated heterocycles. The Labute approximate surface area is 90.7 Å². The van der Waals surface area contributed by atoms with Crippen LogP contribution in [0.25, 0.3) is 0 Å². The van der Waals surface area contributed by atoms with Crippen LogP contribution in [0.15, 0.2) is 16.8 Å². The third-order valence-corrected chi connectivity index (χ3v) is 3.26. The maximum Gasteiger partial charge on any atom is 0.0239 e. The van der Waals surface area contributed by atoms with E-state index in [0.717, 1.165) is 13.1 Å². The van der Waals surface area contributed by atoms with Gasteiger partial charge in [0.2, 0.25) is 0 Å². The Bertz CT molecular complexity index is 244. The summed E-state index contributed by atoms with van der Waals surface area (Å²) in [4.78, 5) is 2.33. The van der Waals surface area contributed by atoms with Crippen LogP contribution >= 0.6 is 11.3 Å². The third kappa shape index (κ3) is 3.78. The zero-order chi connectivity index (χ0) is 10.6. The van der Waals surface area contributed by atoms with E-state index in [0.29, 0.717) is 5.92 Å². The molecule has 0 aromatic carbocycles. The Morgan fingerprint density at radius 2 is 2.21 bits per heavy atom. The van der Waals surface area contributed by atoms with Crippen molar-refractivity contribution in [2.24, 2.45) is 11.7 Å². The standard InChI is InChI=1S/C11H20N2S/c1-9(10(2)12)6-13(3)7-11-4-5-14-8-11/h4-5,8-10H,6-7,12H2,1-3H3. The normalized spacial score (nSPS) is 15.8. The Morgan fingerprint density at radius 1 is 1.50 bits per heavy atom. The van der Waals surface area contributed by atoms with Gasteiger partial charge in [-0.3, -0.25) is 0 Å². The summed E-state index contributed by atoms with van der Waals surface area (Å²) >= 11 is 1.76. The monoisotopic (exact) mass is 212 g/mol. The van der Waals surface area contributed by atoms with E-state index in [4.69, 9.17) is 5.73 Å². The maximum absolute atomic E-state index is 5.83. The fourth-order valence-electron chi connectivity index (χ4n) is 1.42. The molecule has 1 rings (SSSR count). The maximum atomic E-state index is 5.83. The first-order valence-electron chi connectivity index (χ1n) is 5.04. The summed E-state index contributed by atoms with van der Waals surface area (Å²) in [5.41, 5.74) is 7.23. The van der Waals surface area contributed by atoms with Crippen LogP contribution in [-0.4, -0.2) is 24.5 Å². The Balaban J connectivity index is 2.32. The summed E-state index contributed by atoms with van der Waals surface area (Å²) in [6.45, 7) is 6.37. The van der Waals surface area contributed by atoms with Crippen molar-refractivity contribution in [3.8, 4) is 0 Å². The van der Waals surface area contributed by atoms with E-state index in [2.05, 4.69) is 42.6 Å². The summed E-state index contributed by atoms with van der Waals surface area (Å²) in [6, 6.07) is 2.46. The lowest BCUT2D eigenvalue weighted by Crippen LogP contribution is -2.33. The van der Waals surface area contributed by atoms with Crippen molar-refractivity contribution in [3.63, 3.8) is 0 Å². The Kier molecular flexibility index (Phi) is 4.58. The fourth-order valence-corrected chi connectivity index (χ4v) is 2.08. The van der Waals surface area contributed by atoms with Gasteiger partial charge in [0.05, 0.1) is 0 Å². The molecular weight excluding hydrogens is 192 g/mol. The van der Waals surface area contributed by atoms with Crippen LogP contribution in [0.1, 0.15) is 19.4 Å². The molecule has 2 unspecified atom stereocenters. The van der Waals surface area contributed by atoms with Gasteiger partial charge in [-0.05, 0) is 42.3 Å². The highest BCUT2D eigenvalue weighted by Gasteiger charge is 2.10. The summed E-state index contributed by atoms with van der Waals surface area (Å²) < 4.78 is 0. The third-order valence-electron chi connectivity index (χ3n) is 2.53. The van der Waals surface area contributed by atoms with E-state index < -0.39 is 0 Å². The van der Waals surface area contributed by atoms with E-state index in [9.17, 15) is 0 Å². The number of hydrogen-bond donors (Lipinski definition) is 1. The lowest BCUT2D eigenvalue weighted by atomic mass is 10.0. The summed E-state index contributed by atoms with van der Waals surface area (Å²) in [5, 5.41) is 4.32. The van der Waals surface area contributed by atoms with Gasteiger partial charge < -0.3 is 10.6 Å². The van der Waals surface area contributed by atoms with Gasteiger partial charge in [0.25, 0.3) is 0 Å². The summed E-state index contributed by atoms with van der Waals surface area (Å²) in [6.07, 6.45) is 0. The molecule has 0 radical (unpaired) electrons. The molecule has 0 bridgehead atoms. The van der Waals surface area contributed by atoms with Crippen molar-refractivity contribution < 1.29 is 0 Å². The van der Waals surface area contributed by atoms with Crippen LogP contribution in [0.5, 0.6) is 0 Å². The average molecular weight is 212 g/mol. The van der Waals surface area contributed by atoms with Crippen LogP contribution in [0.2, 0.25) is 0 Å².